The zero-order valence-corrected chi connectivity index (χ0v) is 12.3. The minimum atomic E-state index is -0.874. The molecular formula is C16H17NO3S. The predicted molar refractivity (Wildman–Crippen MR) is 82.2 cm³/mol. The van der Waals surface area contributed by atoms with E-state index in [1.54, 1.807) is 11.3 Å². The van der Waals surface area contributed by atoms with Crippen molar-refractivity contribution in [1.29, 1.82) is 0 Å². The highest BCUT2D eigenvalue weighted by Crippen LogP contribution is 2.26. The normalized spacial score (nSPS) is 11.8. The number of carbonyl (C=O) groups is 2. The molecule has 2 rings (SSSR count). The van der Waals surface area contributed by atoms with Crippen LogP contribution in [0.2, 0.25) is 0 Å². The molecule has 21 heavy (non-hydrogen) atoms. The zero-order chi connectivity index (χ0) is 15.1. The van der Waals surface area contributed by atoms with Gasteiger partial charge >= 0.3 is 5.97 Å². The SMILES string of the molecule is O=C(O)CCCC(=O)NC(c1ccccc1)c1cccs1. The van der Waals surface area contributed by atoms with Gasteiger partial charge in [-0.05, 0) is 23.4 Å². The lowest BCUT2D eigenvalue weighted by atomic mass is 10.0. The van der Waals surface area contributed by atoms with Crippen LogP contribution in [0, 0.1) is 0 Å². The Morgan fingerprint density at radius 3 is 2.48 bits per heavy atom. The highest BCUT2D eigenvalue weighted by molar-refractivity contribution is 7.10. The largest absolute Gasteiger partial charge is 0.481 e. The third kappa shape index (κ3) is 4.72. The summed E-state index contributed by atoms with van der Waals surface area (Å²) in [7, 11) is 0. The minimum Gasteiger partial charge on any atom is -0.481 e. The lowest BCUT2D eigenvalue weighted by Crippen LogP contribution is -2.28. The molecule has 1 heterocycles. The second-order valence-corrected chi connectivity index (χ2v) is 5.65. The Bertz CT molecular complexity index is 581. The molecular weight excluding hydrogens is 286 g/mol. The molecule has 0 spiro atoms. The van der Waals surface area contributed by atoms with Crippen LogP contribution in [0.3, 0.4) is 0 Å². The maximum absolute atomic E-state index is 12.0. The molecule has 0 saturated heterocycles. The minimum absolute atomic E-state index is 0.0163. The summed E-state index contributed by atoms with van der Waals surface area (Å²) in [6.45, 7) is 0. The van der Waals surface area contributed by atoms with Gasteiger partial charge in [-0.1, -0.05) is 36.4 Å². The van der Waals surface area contributed by atoms with E-state index >= 15 is 0 Å². The van der Waals surface area contributed by atoms with E-state index in [2.05, 4.69) is 5.32 Å². The fraction of sp³-hybridized carbons (Fsp3) is 0.250. The van der Waals surface area contributed by atoms with Gasteiger partial charge in [-0.2, -0.15) is 0 Å². The molecule has 0 fully saturated rings. The van der Waals surface area contributed by atoms with Crippen LogP contribution < -0.4 is 5.32 Å². The lowest BCUT2D eigenvalue weighted by Gasteiger charge is -2.18. The first-order chi connectivity index (χ1) is 10.2. The van der Waals surface area contributed by atoms with Crippen molar-refractivity contribution in [2.75, 3.05) is 0 Å². The molecule has 5 heteroatoms. The van der Waals surface area contributed by atoms with Crippen LogP contribution >= 0.6 is 11.3 Å². The van der Waals surface area contributed by atoms with Gasteiger partial charge in [0.25, 0.3) is 0 Å². The van der Waals surface area contributed by atoms with Crippen LogP contribution in [0.5, 0.6) is 0 Å². The number of thiophene rings is 1. The second-order valence-electron chi connectivity index (χ2n) is 4.67. The number of aliphatic carboxylic acids is 1. The molecule has 2 N–H and O–H groups in total. The van der Waals surface area contributed by atoms with Gasteiger partial charge in [0.15, 0.2) is 0 Å². The van der Waals surface area contributed by atoms with Crippen molar-refractivity contribution in [2.24, 2.45) is 0 Å². The van der Waals surface area contributed by atoms with Crippen LogP contribution in [0.4, 0.5) is 0 Å². The van der Waals surface area contributed by atoms with Crippen molar-refractivity contribution in [1.82, 2.24) is 5.32 Å². The first kappa shape index (κ1) is 15.3. The van der Waals surface area contributed by atoms with Gasteiger partial charge in [0.1, 0.15) is 0 Å². The Kier molecular flexibility index (Phi) is 5.51. The predicted octanol–water partition coefficient (Wildman–Crippen LogP) is 3.21. The number of hydrogen-bond donors (Lipinski definition) is 2. The fourth-order valence-corrected chi connectivity index (χ4v) is 2.86. The highest BCUT2D eigenvalue weighted by atomic mass is 32.1. The maximum Gasteiger partial charge on any atom is 0.303 e. The molecule has 0 aliphatic carbocycles. The Labute approximate surface area is 127 Å². The molecule has 0 saturated carbocycles. The Morgan fingerprint density at radius 1 is 1.10 bits per heavy atom. The van der Waals surface area contributed by atoms with Gasteiger partial charge in [-0.25, -0.2) is 0 Å². The van der Waals surface area contributed by atoms with Crippen LogP contribution in [-0.4, -0.2) is 17.0 Å². The topological polar surface area (TPSA) is 66.4 Å². The summed E-state index contributed by atoms with van der Waals surface area (Å²) >= 11 is 1.59. The number of hydrogen-bond acceptors (Lipinski definition) is 3. The summed E-state index contributed by atoms with van der Waals surface area (Å²) in [5, 5.41) is 13.6. The molecule has 2 aromatic rings. The van der Waals surface area contributed by atoms with Gasteiger partial charge in [-0.15, -0.1) is 11.3 Å². The summed E-state index contributed by atoms with van der Waals surface area (Å²) in [6, 6.07) is 13.5. The van der Waals surface area contributed by atoms with E-state index in [1.807, 2.05) is 47.8 Å². The molecule has 0 aliphatic rings. The summed E-state index contributed by atoms with van der Waals surface area (Å²) in [5.74, 6) is -1.00. The monoisotopic (exact) mass is 303 g/mol. The van der Waals surface area contributed by atoms with Crippen LogP contribution in [0.25, 0.3) is 0 Å². The first-order valence-corrected chi connectivity index (χ1v) is 7.64. The number of rotatable bonds is 7. The molecule has 0 aliphatic heterocycles. The number of carboxylic acid groups (broad SMARTS) is 1. The average Bonchev–Trinajstić information content (AvgIpc) is 2.99. The maximum atomic E-state index is 12.0. The van der Waals surface area contributed by atoms with Crippen molar-refractivity contribution >= 4 is 23.2 Å². The van der Waals surface area contributed by atoms with E-state index in [0.717, 1.165) is 10.4 Å². The van der Waals surface area contributed by atoms with Gasteiger partial charge < -0.3 is 10.4 Å². The summed E-state index contributed by atoms with van der Waals surface area (Å²) < 4.78 is 0. The Hall–Kier alpha value is -2.14. The standard InChI is InChI=1S/C16H17NO3S/c18-14(9-4-10-15(19)20)17-16(13-8-5-11-21-13)12-6-2-1-3-7-12/h1-3,5-8,11,16H,4,9-10H2,(H,17,18)(H,19,20). The fourth-order valence-electron chi connectivity index (χ4n) is 2.05. The second kappa shape index (κ2) is 7.59. The van der Waals surface area contributed by atoms with Crippen LogP contribution in [0.15, 0.2) is 47.8 Å². The molecule has 1 amide bonds. The quantitative estimate of drug-likeness (QED) is 0.825. The van der Waals surface area contributed by atoms with E-state index in [0.29, 0.717) is 6.42 Å². The van der Waals surface area contributed by atoms with Crippen LogP contribution in [0.1, 0.15) is 35.7 Å². The van der Waals surface area contributed by atoms with Gasteiger partial charge in [-0.3, -0.25) is 9.59 Å². The van der Waals surface area contributed by atoms with Crippen molar-refractivity contribution in [3.05, 3.63) is 58.3 Å². The van der Waals surface area contributed by atoms with E-state index in [9.17, 15) is 9.59 Å². The van der Waals surface area contributed by atoms with Crippen molar-refractivity contribution in [2.45, 2.75) is 25.3 Å². The number of nitrogens with one attached hydrogen (secondary N) is 1. The van der Waals surface area contributed by atoms with Gasteiger partial charge in [0.05, 0.1) is 6.04 Å². The van der Waals surface area contributed by atoms with Crippen molar-refractivity contribution < 1.29 is 14.7 Å². The Balaban J connectivity index is 2.04. The van der Waals surface area contributed by atoms with E-state index < -0.39 is 5.97 Å². The van der Waals surface area contributed by atoms with Gasteiger partial charge in [0.2, 0.25) is 5.91 Å². The van der Waals surface area contributed by atoms with E-state index in [4.69, 9.17) is 5.11 Å². The first-order valence-electron chi connectivity index (χ1n) is 6.76. The molecule has 110 valence electrons. The smallest absolute Gasteiger partial charge is 0.303 e. The molecule has 1 aromatic carbocycles. The molecule has 1 unspecified atom stereocenters. The number of benzene rings is 1. The van der Waals surface area contributed by atoms with Gasteiger partial charge in [0, 0.05) is 17.7 Å². The molecule has 1 atom stereocenters. The van der Waals surface area contributed by atoms with Crippen LogP contribution in [-0.2, 0) is 9.59 Å². The zero-order valence-electron chi connectivity index (χ0n) is 11.5. The summed E-state index contributed by atoms with van der Waals surface area (Å²) in [6.07, 6.45) is 0.594. The number of carboxylic acids is 1. The summed E-state index contributed by atoms with van der Waals surface area (Å²) in [4.78, 5) is 23.5. The highest BCUT2D eigenvalue weighted by Gasteiger charge is 2.17. The lowest BCUT2D eigenvalue weighted by molar-refractivity contribution is -0.137. The van der Waals surface area contributed by atoms with Crippen molar-refractivity contribution in [3.8, 4) is 0 Å². The average molecular weight is 303 g/mol. The molecule has 4 nitrogen and oxygen atoms in total. The summed E-state index contributed by atoms with van der Waals surface area (Å²) in [5.41, 5.74) is 1.02. The third-order valence-electron chi connectivity index (χ3n) is 3.06. The number of carbonyl (C=O) groups excluding carboxylic acids is 1. The van der Waals surface area contributed by atoms with Crippen molar-refractivity contribution in [3.63, 3.8) is 0 Å². The Morgan fingerprint density at radius 2 is 1.86 bits per heavy atom. The van der Waals surface area contributed by atoms with E-state index in [1.165, 1.54) is 0 Å². The third-order valence-corrected chi connectivity index (χ3v) is 4.00. The molecule has 0 bridgehead atoms. The molecule has 0 radical (unpaired) electrons. The number of amides is 1. The van der Waals surface area contributed by atoms with E-state index in [-0.39, 0.29) is 24.8 Å². The molecule has 1 aromatic heterocycles.